The van der Waals surface area contributed by atoms with Gasteiger partial charge in [0.1, 0.15) is 12.2 Å². The van der Waals surface area contributed by atoms with E-state index in [9.17, 15) is 14.4 Å². The summed E-state index contributed by atoms with van der Waals surface area (Å²) in [5, 5.41) is 0. The molecule has 4 atom stereocenters. The maximum absolute atomic E-state index is 13.0. The summed E-state index contributed by atoms with van der Waals surface area (Å²) in [4.78, 5) is 38.2. The van der Waals surface area contributed by atoms with E-state index in [-0.39, 0.29) is 18.4 Å². The van der Waals surface area contributed by atoms with Crippen molar-refractivity contribution in [2.24, 2.45) is 11.8 Å². The fourth-order valence-corrected chi connectivity index (χ4v) is 3.83. The number of ether oxygens (including phenoxy) is 2. The van der Waals surface area contributed by atoms with Crippen LogP contribution in [0.5, 0.6) is 0 Å². The molecule has 2 fully saturated rings. The smallest absolute Gasteiger partial charge is 0.302 e. The molecule has 2 amide bonds. The molecule has 0 unspecified atom stereocenters. The average Bonchev–Trinajstić information content (AvgIpc) is 3.18. The number of nitrogens with zero attached hydrogens (tertiary/aromatic N) is 1. The molecule has 24 heavy (non-hydrogen) atoms. The minimum Gasteiger partial charge on any atom is -0.462 e. The molecule has 2 bridgehead atoms. The van der Waals surface area contributed by atoms with E-state index in [1.807, 2.05) is 19.1 Å². The number of fused-ring (bicyclic) bond motifs is 5. The number of hydrogen-bond acceptors (Lipinski definition) is 5. The first-order chi connectivity index (χ1) is 11.4. The zero-order valence-corrected chi connectivity index (χ0v) is 13.4. The van der Waals surface area contributed by atoms with Crippen LogP contribution in [0.1, 0.15) is 12.5 Å². The Bertz CT molecular complexity index is 768. The molecule has 4 rings (SSSR count). The van der Waals surface area contributed by atoms with Crippen LogP contribution in [0.25, 0.3) is 0 Å². The molecule has 2 saturated heterocycles. The molecule has 1 aromatic carbocycles. The summed E-state index contributed by atoms with van der Waals surface area (Å²) in [6.45, 7) is 3.19. The average molecular weight is 327 g/mol. The molecule has 0 radical (unpaired) electrons. The van der Waals surface area contributed by atoms with Crippen molar-refractivity contribution in [3.05, 3.63) is 42.0 Å². The number of amides is 2. The van der Waals surface area contributed by atoms with Crippen molar-refractivity contribution in [2.45, 2.75) is 25.6 Å². The summed E-state index contributed by atoms with van der Waals surface area (Å²) in [6.07, 6.45) is 3.09. The van der Waals surface area contributed by atoms with Gasteiger partial charge in [-0.15, -0.1) is 0 Å². The number of imide groups is 1. The quantitative estimate of drug-likeness (QED) is 0.476. The van der Waals surface area contributed by atoms with Crippen molar-refractivity contribution in [2.75, 3.05) is 11.5 Å². The van der Waals surface area contributed by atoms with Crippen molar-refractivity contribution in [3.8, 4) is 0 Å². The predicted octanol–water partition coefficient (Wildman–Crippen LogP) is 1.37. The molecule has 3 aliphatic rings. The molecule has 6 heteroatoms. The molecule has 3 heterocycles. The molecule has 0 aromatic heterocycles. The van der Waals surface area contributed by atoms with Gasteiger partial charge in [0.05, 0.1) is 23.6 Å². The minimum atomic E-state index is -1.03. The van der Waals surface area contributed by atoms with Crippen LogP contribution < -0.4 is 4.90 Å². The van der Waals surface area contributed by atoms with Crippen LogP contribution in [0.4, 0.5) is 5.69 Å². The maximum Gasteiger partial charge on any atom is 0.302 e. The lowest BCUT2D eigenvalue weighted by Crippen LogP contribution is -2.44. The molecule has 3 aliphatic heterocycles. The van der Waals surface area contributed by atoms with Gasteiger partial charge in [-0.25, -0.2) is 4.90 Å². The highest BCUT2D eigenvalue weighted by Gasteiger charge is 2.68. The highest BCUT2D eigenvalue weighted by Crippen LogP contribution is 2.52. The molecular weight excluding hydrogens is 310 g/mol. The van der Waals surface area contributed by atoms with E-state index in [0.29, 0.717) is 5.69 Å². The third-order valence-electron chi connectivity index (χ3n) is 4.95. The lowest BCUT2D eigenvalue weighted by molar-refractivity contribution is -0.150. The van der Waals surface area contributed by atoms with Crippen molar-refractivity contribution >= 4 is 23.5 Å². The van der Waals surface area contributed by atoms with Crippen LogP contribution in [0.2, 0.25) is 0 Å². The topological polar surface area (TPSA) is 72.9 Å². The van der Waals surface area contributed by atoms with Crippen molar-refractivity contribution < 1.29 is 23.9 Å². The van der Waals surface area contributed by atoms with E-state index >= 15 is 0 Å². The van der Waals surface area contributed by atoms with E-state index in [2.05, 4.69) is 0 Å². The zero-order chi connectivity index (χ0) is 17.1. The Hall–Kier alpha value is -2.47. The lowest BCUT2D eigenvalue weighted by Gasteiger charge is -2.28. The summed E-state index contributed by atoms with van der Waals surface area (Å²) in [6, 6.07) is 7.26. The Morgan fingerprint density at radius 2 is 1.96 bits per heavy atom. The Morgan fingerprint density at radius 3 is 2.62 bits per heavy atom. The molecule has 0 N–H and O–H groups in total. The second kappa shape index (κ2) is 5.01. The second-order valence-electron chi connectivity index (χ2n) is 6.53. The van der Waals surface area contributed by atoms with Crippen molar-refractivity contribution in [3.63, 3.8) is 0 Å². The van der Waals surface area contributed by atoms with E-state index < -0.39 is 29.5 Å². The van der Waals surface area contributed by atoms with Gasteiger partial charge in [-0.2, -0.15) is 0 Å². The van der Waals surface area contributed by atoms with Crippen LogP contribution in [-0.2, 0) is 23.9 Å². The first kappa shape index (κ1) is 15.1. The number of aryl methyl sites for hydroxylation is 1. The molecule has 124 valence electrons. The van der Waals surface area contributed by atoms with Crippen LogP contribution in [0.3, 0.4) is 0 Å². The number of esters is 1. The highest BCUT2D eigenvalue weighted by molar-refractivity contribution is 6.23. The first-order valence-corrected chi connectivity index (χ1v) is 7.88. The van der Waals surface area contributed by atoms with Gasteiger partial charge in [-0.1, -0.05) is 23.8 Å². The number of hydrogen-bond donors (Lipinski definition) is 0. The molecular formula is C18H17NO5. The summed E-state index contributed by atoms with van der Waals surface area (Å²) in [5.41, 5.74) is 0.578. The van der Waals surface area contributed by atoms with Gasteiger partial charge in [0.15, 0.2) is 0 Å². The Balaban J connectivity index is 1.69. The Morgan fingerprint density at radius 1 is 1.25 bits per heavy atom. The highest BCUT2D eigenvalue weighted by atomic mass is 16.6. The fourth-order valence-electron chi connectivity index (χ4n) is 3.83. The Kier molecular flexibility index (Phi) is 3.15. The van der Waals surface area contributed by atoms with E-state index in [4.69, 9.17) is 9.47 Å². The van der Waals surface area contributed by atoms with Gasteiger partial charge in [0.25, 0.3) is 0 Å². The minimum absolute atomic E-state index is 0.0583. The molecule has 6 nitrogen and oxygen atoms in total. The second-order valence-corrected chi connectivity index (χ2v) is 6.53. The van der Waals surface area contributed by atoms with E-state index in [1.165, 1.54) is 11.8 Å². The summed E-state index contributed by atoms with van der Waals surface area (Å²) < 4.78 is 11.0. The SMILES string of the molecule is CC(=O)OC[C@@]12C=C[C@@H](O1)[C@H]1C(=O)N(c3ccc(C)cc3)C(=O)[C@@H]12. The van der Waals surface area contributed by atoms with Crippen LogP contribution in [-0.4, -0.2) is 36.1 Å². The molecule has 0 aliphatic carbocycles. The van der Waals surface area contributed by atoms with Gasteiger partial charge >= 0.3 is 5.97 Å². The van der Waals surface area contributed by atoms with Gasteiger partial charge in [-0.3, -0.25) is 14.4 Å². The third-order valence-corrected chi connectivity index (χ3v) is 4.95. The van der Waals surface area contributed by atoms with Gasteiger partial charge in [-0.05, 0) is 25.1 Å². The van der Waals surface area contributed by atoms with Crippen LogP contribution >= 0.6 is 0 Å². The Labute approximate surface area is 139 Å². The van der Waals surface area contributed by atoms with Gasteiger partial charge in [0, 0.05) is 6.92 Å². The van der Waals surface area contributed by atoms with Crippen LogP contribution in [0.15, 0.2) is 36.4 Å². The zero-order valence-electron chi connectivity index (χ0n) is 13.4. The maximum atomic E-state index is 13.0. The lowest BCUT2D eigenvalue weighted by atomic mass is 9.77. The number of anilines is 1. The van der Waals surface area contributed by atoms with Crippen LogP contribution in [0, 0.1) is 18.8 Å². The molecule has 0 saturated carbocycles. The summed E-state index contributed by atoms with van der Waals surface area (Å²) >= 11 is 0. The van der Waals surface area contributed by atoms with E-state index in [1.54, 1.807) is 24.3 Å². The van der Waals surface area contributed by atoms with Gasteiger partial charge in [0.2, 0.25) is 11.8 Å². The van der Waals surface area contributed by atoms with Crippen molar-refractivity contribution in [1.29, 1.82) is 0 Å². The fraction of sp³-hybridized carbons (Fsp3) is 0.389. The third kappa shape index (κ3) is 1.96. The standard InChI is InChI=1S/C18H17NO5/c1-10-3-5-12(6-4-10)19-16(21)14-13-7-8-18(24-13,9-23-11(2)20)15(14)17(19)22/h3-8,13-15H,9H2,1-2H3/t13-,14-,15-,18-/m1/s1. The number of benzene rings is 1. The summed E-state index contributed by atoms with van der Waals surface area (Å²) in [7, 11) is 0. The molecule has 1 aromatic rings. The molecule has 0 spiro atoms. The number of carbonyl (C=O) groups is 3. The van der Waals surface area contributed by atoms with Crippen molar-refractivity contribution in [1.82, 2.24) is 0 Å². The predicted molar refractivity (Wildman–Crippen MR) is 84.0 cm³/mol. The monoisotopic (exact) mass is 327 g/mol. The number of carbonyl (C=O) groups excluding carboxylic acids is 3. The van der Waals surface area contributed by atoms with Gasteiger partial charge < -0.3 is 9.47 Å². The number of rotatable bonds is 3. The normalized spacial score (nSPS) is 33.2. The largest absolute Gasteiger partial charge is 0.462 e. The summed E-state index contributed by atoms with van der Waals surface area (Å²) in [5.74, 6) is -2.21. The van der Waals surface area contributed by atoms with E-state index in [0.717, 1.165) is 5.56 Å². The first-order valence-electron chi connectivity index (χ1n) is 7.88.